The minimum Gasteiger partial charge on any atom is -0.465 e. The minimum atomic E-state index is -0.368. The third-order valence-electron chi connectivity index (χ3n) is 2.50. The fourth-order valence-corrected chi connectivity index (χ4v) is 3.03. The molecular weight excluding hydrogens is 348 g/mol. The zero-order chi connectivity index (χ0) is 18.1. The molecule has 0 fully saturated rings. The average molecular weight is 364 g/mol. The Kier molecular flexibility index (Phi) is 7.61. The molecule has 3 N–H and O–H groups in total. The second-order valence-corrected chi connectivity index (χ2v) is 6.04. The van der Waals surface area contributed by atoms with Gasteiger partial charge in [-0.3, -0.25) is 4.79 Å². The van der Waals surface area contributed by atoms with E-state index in [9.17, 15) is 9.59 Å². The molecule has 3 heterocycles. The molecule has 9 heteroatoms. The zero-order valence-electron chi connectivity index (χ0n) is 13.3. The quantitative estimate of drug-likeness (QED) is 0.640. The number of anilines is 1. The largest absolute Gasteiger partial charge is 0.465 e. The molecule has 0 saturated heterocycles. The number of ether oxygens (including phenoxy) is 1. The van der Waals surface area contributed by atoms with Crippen molar-refractivity contribution < 1.29 is 9.53 Å². The second-order valence-electron chi connectivity index (χ2n) is 4.21. The Bertz CT molecular complexity index is 905. The lowest BCUT2D eigenvalue weighted by Crippen LogP contribution is -2.07. The highest BCUT2D eigenvalue weighted by Gasteiger charge is 2.09. The SMILES string of the molecule is CC#N.COC(=O)c1sccc1N.Cc1nc2ccsc2c(=O)[nH]1. The number of nitriles is 1. The number of nitrogens with zero attached hydrogens (tertiary/aromatic N) is 2. The molecule has 0 aliphatic rings. The lowest BCUT2D eigenvalue weighted by molar-refractivity contribution is 0.0607. The lowest BCUT2D eigenvalue weighted by Gasteiger charge is -1.94. The molecule has 0 aromatic carbocycles. The van der Waals surface area contributed by atoms with Gasteiger partial charge in [0.2, 0.25) is 0 Å². The van der Waals surface area contributed by atoms with Gasteiger partial charge >= 0.3 is 5.97 Å². The van der Waals surface area contributed by atoms with Crippen molar-refractivity contribution in [3.8, 4) is 6.07 Å². The van der Waals surface area contributed by atoms with E-state index in [0.29, 0.717) is 21.1 Å². The third kappa shape index (κ3) is 5.19. The van der Waals surface area contributed by atoms with Crippen molar-refractivity contribution >= 4 is 44.5 Å². The Morgan fingerprint density at radius 3 is 2.54 bits per heavy atom. The average Bonchev–Trinajstić information content (AvgIpc) is 3.16. The van der Waals surface area contributed by atoms with Crippen molar-refractivity contribution in [2.75, 3.05) is 12.8 Å². The first kappa shape index (κ1) is 19.3. The minimum absolute atomic E-state index is 0.0394. The maximum atomic E-state index is 11.2. The van der Waals surface area contributed by atoms with E-state index in [0.717, 1.165) is 5.52 Å². The van der Waals surface area contributed by atoms with E-state index in [1.165, 1.54) is 36.7 Å². The van der Waals surface area contributed by atoms with Crippen LogP contribution in [0.25, 0.3) is 10.2 Å². The molecule has 7 nitrogen and oxygen atoms in total. The van der Waals surface area contributed by atoms with E-state index in [1.54, 1.807) is 24.4 Å². The summed E-state index contributed by atoms with van der Waals surface area (Å²) >= 11 is 2.70. The van der Waals surface area contributed by atoms with E-state index in [4.69, 9.17) is 11.0 Å². The van der Waals surface area contributed by atoms with Crippen LogP contribution in [0.1, 0.15) is 22.4 Å². The Morgan fingerprint density at radius 1 is 1.38 bits per heavy atom. The van der Waals surface area contributed by atoms with Crippen LogP contribution in [0.4, 0.5) is 5.69 Å². The highest BCUT2D eigenvalue weighted by Crippen LogP contribution is 2.19. The van der Waals surface area contributed by atoms with Crippen molar-refractivity contribution in [3.63, 3.8) is 0 Å². The molecule has 3 rings (SSSR count). The number of carbonyl (C=O) groups is 1. The molecule has 0 unspecified atom stereocenters. The summed E-state index contributed by atoms with van der Waals surface area (Å²) in [4.78, 5) is 29.2. The van der Waals surface area contributed by atoms with Crippen LogP contribution in [-0.2, 0) is 4.74 Å². The van der Waals surface area contributed by atoms with Gasteiger partial charge in [0.25, 0.3) is 5.56 Å². The number of carbonyl (C=O) groups excluding carboxylic acids is 1. The van der Waals surface area contributed by atoms with Gasteiger partial charge in [0, 0.05) is 6.92 Å². The molecule has 0 radical (unpaired) electrons. The van der Waals surface area contributed by atoms with Crippen LogP contribution < -0.4 is 11.3 Å². The van der Waals surface area contributed by atoms with Gasteiger partial charge < -0.3 is 15.5 Å². The van der Waals surface area contributed by atoms with Gasteiger partial charge in [0.05, 0.1) is 24.4 Å². The molecule has 24 heavy (non-hydrogen) atoms. The van der Waals surface area contributed by atoms with E-state index in [1.807, 2.05) is 11.4 Å². The van der Waals surface area contributed by atoms with Crippen LogP contribution in [0.15, 0.2) is 27.7 Å². The van der Waals surface area contributed by atoms with Gasteiger partial charge in [0.1, 0.15) is 15.4 Å². The highest BCUT2D eigenvalue weighted by molar-refractivity contribution is 7.17. The molecule has 0 amide bonds. The molecule has 0 saturated carbocycles. The van der Waals surface area contributed by atoms with E-state index in [-0.39, 0.29) is 11.5 Å². The van der Waals surface area contributed by atoms with Crippen molar-refractivity contribution in [2.45, 2.75) is 13.8 Å². The highest BCUT2D eigenvalue weighted by atomic mass is 32.1. The van der Waals surface area contributed by atoms with E-state index in [2.05, 4.69) is 14.7 Å². The number of hydrogen-bond donors (Lipinski definition) is 2. The predicted molar refractivity (Wildman–Crippen MR) is 96.3 cm³/mol. The molecule has 3 aromatic heterocycles. The van der Waals surface area contributed by atoms with Crippen LogP contribution >= 0.6 is 22.7 Å². The first-order valence-corrected chi connectivity index (χ1v) is 8.36. The van der Waals surface area contributed by atoms with Crippen LogP contribution in [0.3, 0.4) is 0 Å². The van der Waals surface area contributed by atoms with Crippen LogP contribution in [-0.4, -0.2) is 23.0 Å². The second kappa shape index (κ2) is 9.44. The maximum Gasteiger partial charge on any atom is 0.350 e. The Balaban J connectivity index is 0.000000208. The number of fused-ring (bicyclic) bond motifs is 1. The summed E-state index contributed by atoms with van der Waals surface area (Å²) in [7, 11) is 1.33. The fraction of sp³-hybridized carbons (Fsp3) is 0.200. The summed E-state index contributed by atoms with van der Waals surface area (Å²) in [6.07, 6.45) is 0. The van der Waals surface area contributed by atoms with Gasteiger partial charge in [-0.15, -0.1) is 22.7 Å². The number of methoxy groups -OCH3 is 1. The molecule has 0 aliphatic carbocycles. The van der Waals surface area contributed by atoms with Gasteiger partial charge in [-0.05, 0) is 29.8 Å². The molecule has 0 spiro atoms. The first-order valence-electron chi connectivity index (χ1n) is 6.60. The monoisotopic (exact) mass is 364 g/mol. The smallest absolute Gasteiger partial charge is 0.350 e. The number of aromatic amines is 1. The number of hydrogen-bond acceptors (Lipinski definition) is 8. The van der Waals surface area contributed by atoms with Crippen molar-refractivity contribution in [1.29, 1.82) is 5.26 Å². The fourth-order valence-electron chi connectivity index (χ4n) is 1.57. The number of H-pyrrole nitrogens is 1. The molecule has 0 bridgehead atoms. The zero-order valence-corrected chi connectivity index (χ0v) is 15.0. The number of nitrogen functional groups attached to an aromatic ring is 1. The Hall–Kier alpha value is -2.70. The number of aromatic nitrogens is 2. The van der Waals surface area contributed by atoms with Crippen LogP contribution in [0.2, 0.25) is 0 Å². The van der Waals surface area contributed by atoms with Gasteiger partial charge in [0.15, 0.2) is 0 Å². The Morgan fingerprint density at radius 2 is 2.00 bits per heavy atom. The topological polar surface area (TPSA) is 122 Å². The van der Waals surface area contributed by atoms with Crippen molar-refractivity contribution in [3.05, 3.63) is 43.9 Å². The van der Waals surface area contributed by atoms with Crippen molar-refractivity contribution in [2.24, 2.45) is 0 Å². The van der Waals surface area contributed by atoms with Gasteiger partial charge in [-0.25, -0.2) is 9.78 Å². The molecule has 0 aliphatic heterocycles. The van der Waals surface area contributed by atoms with E-state index < -0.39 is 0 Å². The molecule has 126 valence electrons. The summed E-state index contributed by atoms with van der Waals surface area (Å²) in [5.74, 6) is 0.299. The number of nitrogens with one attached hydrogen (secondary N) is 1. The van der Waals surface area contributed by atoms with Crippen LogP contribution in [0, 0.1) is 18.3 Å². The number of aryl methyl sites for hydroxylation is 1. The summed E-state index contributed by atoms with van der Waals surface area (Å²) in [5, 5.41) is 10.9. The maximum absolute atomic E-state index is 11.2. The predicted octanol–water partition coefficient (Wildman–Crippen LogP) is 2.94. The first-order chi connectivity index (χ1) is 11.4. The summed E-state index contributed by atoms with van der Waals surface area (Å²) in [5.41, 5.74) is 6.66. The summed E-state index contributed by atoms with van der Waals surface area (Å²) in [6, 6.07) is 5.28. The number of thiophene rings is 2. The van der Waals surface area contributed by atoms with Crippen molar-refractivity contribution in [1.82, 2.24) is 9.97 Å². The Labute approximate surface area is 146 Å². The van der Waals surface area contributed by atoms with Gasteiger partial charge in [-0.1, -0.05) is 0 Å². The third-order valence-corrected chi connectivity index (χ3v) is 4.31. The molecular formula is C15H16N4O3S2. The molecule has 3 aromatic rings. The molecule has 0 atom stereocenters. The lowest BCUT2D eigenvalue weighted by atomic mass is 10.4. The van der Waals surface area contributed by atoms with Gasteiger partial charge in [-0.2, -0.15) is 5.26 Å². The normalized spacial score (nSPS) is 9.08. The van der Waals surface area contributed by atoms with E-state index >= 15 is 0 Å². The number of esters is 1. The number of rotatable bonds is 1. The summed E-state index contributed by atoms with van der Waals surface area (Å²) in [6.45, 7) is 3.21. The standard InChI is InChI=1S/C7H6N2OS.C6H7NO2S.C2H3N/c1-4-8-5-2-3-11-6(5)7(10)9-4;1-9-6(8)5-4(7)2-3-10-5;1-2-3/h2-3H,1H3,(H,8,9,10);2-3H,7H2,1H3;1H3. The van der Waals surface area contributed by atoms with Crippen LogP contribution in [0.5, 0.6) is 0 Å². The summed E-state index contributed by atoms with van der Waals surface area (Å²) < 4.78 is 5.17. The number of nitrogens with two attached hydrogens (primary N) is 1.